The fraction of sp³-hybridized carbons (Fsp3) is 0.692. The van der Waals surface area contributed by atoms with Gasteiger partial charge in [0, 0.05) is 18.0 Å². The first-order chi connectivity index (χ1) is 9.11. The highest BCUT2D eigenvalue weighted by molar-refractivity contribution is 7.91. The summed E-state index contributed by atoms with van der Waals surface area (Å²) in [5.74, 6) is 0.762. The first-order valence-electron chi connectivity index (χ1n) is 6.74. The van der Waals surface area contributed by atoms with Crippen molar-refractivity contribution < 1.29 is 8.42 Å². The molecule has 102 valence electrons. The number of fused-ring (bicyclic) bond motifs is 1. The fourth-order valence-corrected chi connectivity index (χ4v) is 4.97. The molecule has 1 aromatic rings. The van der Waals surface area contributed by atoms with Crippen molar-refractivity contribution >= 4 is 9.84 Å². The molecule has 2 atom stereocenters. The van der Waals surface area contributed by atoms with Crippen LogP contribution in [-0.4, -0.2) is 29.7 Å². The Morgan fingerprint density at radius 3 is 3.00 bits per heavy atom. The van der Waals surface area contributed by atoms with E-state index in [4.69, 9.17) is 5.26 Å². The zero-order chi connectivity index (χ0) is 13.5. The van der Waals surface area contributed by atoms with Crippen LogP contribution < -0.4 is 0 Å². The van der Waals surface area contributed by atoms with E-state index in [1.807, 2.05) is 10.9 Å². The summed E-state index contributed by atoms with van der Waals surface area (Å²) in [4.78, 5) is 0. The van der Waals surface area contributed by atoms with Gasteiger partial charge in [0.05, 0.1) is 29.8 Å². The van der Waals surface area contributed by atoms with Crippen molar-refractivity contribution in [1.82, 2.24) is 9.78 Å². The van der Waals surface area contributed by atoms with Crippen LogP contribution in [0.1, 0.15) is 48.9 Å². The van der Waals surface area contributed by atoms with Crippen molar-refractivity contribution in [3.63, 3.8) is 0 Å². The van der Waals surface area contributed by atoms with E-state index in [9.17, 15) is 8.42 Å². The smallest absolute Gasteiger partial charge is 0.152 e. The second-order valence-electron chi connectivity index (χ2n) is 5.50. The van der Waals surface area contributed by atoms with E-state index in [1.54, 1.807) is 0 Å². The van der Waals surface area contributed by atoms with Crippen LogP contribution in [0.3, 0.4) is 0 Å². The van der Waals surface area contributed by atoms with Crippen LogP contribution in [0, 0.1) is 11.3 Å². The summed E-state index contributed by atoms with van der Waals surface area (Å²) in [6.45, 7) is 0. The summed E-state index contributed by atoms with van der Waals surface area (Å²) < 4.78 is 25.1. The molecule has 1 aliphatic heterocycles. The molecule has 1 fully saturated rings. The normalized spacial score (nSPS) is 28.8. The average Bonchev–Trinajstić information content (AvgIpc) is 2.93. The maximum atomic E-state index is 11.6. The van der Waals surface area contributed by atoms with Crippen LogP contribution in [0.15, 0.2) is 6.20 Å². The highest BCUT2D eigenvalue weighted by Crippen LogP contribution is 2.36. The molecule has 1 aromatic heterocycles. The van der Waals surface area contributed by atoms with Crippen molar-refractivity contribution in [2.75, 3.05) is 11.5 Å². The predicted octanol–water partition coefficient (Wildman–Crippen LogP) is 1.58. The number of hydrogen-bond donors (Lipinski definition) is 0. The molecule has 2 aliphatic rings. The molecule has 0 aromatic carbocycles. The summed E-state index contributed by atoms with van der Waals surface area (Å²) in [5.41, 5.74) is 2.32. The number of sulfone groups is 1. The van der Waals surface area contributed by atoms with Gasteiger partial charge in [0.2, 0.25) is 0 Å². The third-order valence-corrected chi connectivity index (χ3v) is 5.98. The Morgan fingerprint density at radius 1 is 1.47 bits per heavy atom. The zero-order valence-corrected chi connectivity index (χ0v) is 11.6. The second kappa shape index (κ2) is 4.64. The summed E-state index contributed by atoms with van der Waals surface area (Å²) >= 11 is 0. The molecule has 5 nitrogen and oxygen atoms in total. The Morgan fingerprint density at radius 2 is 2.32 bits per heavy atom. The first-order valence-corrected chi connectivity index (χ1v) is 8.56. The molecule has 3 rings (SSSR count). The molecule has 1 saturated heterocycles. The Kier molecular flexibility index (Phi) is 3.09. The van der Waals surface area contributed by atoms with E-state index in [-0.39, 0.29) is 23.5 Å². The summed E-state index contributed by atoms with van der Waals surface area (Å²) in [6.07, 6.45) is 6.09. The van der Waals surface area contributed by atoms with Gasteiger partial charge in [-0.25, -0.2) is 8.42 Å². The standard InChI is InChI=1S/C13H17N3O2S/c14-6-4-10-2-1-3-13-12(10)8-15-16(13)11-5-7-19(17,18)9-11/h8,10-11H,1-5,7,9H2. The molecule has 0 spiro atoms. The molecule has 2 heterocycles. The largest absolute Gasteiger partial charge is 0.265 e. The first kappa shape index (κ1) is 12.7. The zero-order valence-electron chi connectivity index (χ0n) is 10.7. The van der Waals surface area contributed by atoms with E-state index in [0.717, 1.165) is 30.5 Å². The lowest BCUT2D eigenvalue weighted by Gasteiger charge is -2.22. The van der Waals surface area contributed by atoms with E-state index >= 15 is 0 Å². The number of aromatic nitrogens is 2. The van der Waals surface area contributed by atoms with Crippen LogP contribution in [0.4, 0.5) is 0 Å². The maximum absolute atomic E-state index is 11.6. The van der Waals surface area contributed by atoms with Crippen LogP contribution in [0.25, 0.3) is 0 Å². The molecule has 6 heteroatoms. The van der Waals surface area contributed by atoms with Crippen molar-refractivity contribution in [1.29, 1.82) is 5.26 Å². The van der Waals surface area contributed by atoms with Crippen molar-refractivity contribution in [3.05, 3.63) is 17.5 Å². The third-order valence-electron chi connectivity index (χ3n) is 4.23. The van der Waals surface area contributed by atoms with E-state index < -0.39 is 9.84 Å². The molecule has 2 unspecified atom stereocenters. The highest BCUT2D eigenvalue weighted by Gasteiger charge is 2.33. The molecular formula is C13H17N3O2S. The van der Waals surface area contributed by atoms with Crippen LogP contribution >= 0.6 is 0 Å². The third kappa shape index (κ3) is 2.27. The molecule has 0 amide bonds. The number of hydrogen-bond acceptors (Lipinski definition) is 4. The topological polar surface area (TPSA) is 75.8 Å². The Balaban J connectivity index is 1.91. The van der Waals surface area contributed by atoms with Gasteiger partial charge in [0.1, 0.15) is 0 Å². The van der Waals surface area contributed by atoms with Crippen molar-refractivity contribution in [3.8, 4) is 6.07 Å². The van der Waals surface area contributed by atoms with E-state index in [2.05, 4.69) is 11.2 Å². The minimum atomic E-state index is -2.88. The Bertz CT molecular complexity index is 627. The van der Waals surface area contributed by atoms with Crippen LogP contribution in [0.5, 0.6) is 0 Å². The Hall–Kier alpha value is -1.35. The lowest BCUT2D eigenvalue weighted by molar-refractivity contribution is 0.458. The maximum Gasteiger partial charge on any atom is 0.152 e. The van der Waals surface area contributed by atoms with Gasteiger partial charge >= 0.3 is 0 Å². The van der Waals surface area contributed by atoms with Gasteiger partial charge in [-0.15, -0.1) is 0 Å². The van der Waals surface area contributed by atoms with Crippen molar-refractivity contribution in [2.24, 2.45) is 0 Å². The van der Waals surface area contributed by atoms with Gasteiger partial charge < -0.3 is 0 Å². The van der Waals surface area contributed by atoms with E-state index in [0.29, 0.717) is 12.8 Å². The van der Waals surface area contributed by atoms with Crippen LogP contribution in [0.2, 0.25) is 0 Å². The lowest BCUT2D eigenvalue weighted by Crippen LogP contribution is -2.18. The quantitative estimate of drug-likeness (QED) is 0.823. The molecule has 0 radical (unpaired) electrons. The van der Waals surface area contributed by atoms with Gasteiger partial charge in [-0.2, -0.15) is 10.4 Å². The second-order valence-corrected chi connectivity index (χ2v) is 7.73. The number of nitriles is 1. The predicted molar refractivity (Wildman–Crippen MR) is 70.4 cm³/mol. The minimum absolute atomic E-state index is 0.00501. The summed E-state index contributed by atoms with van der Waals surface area (Å²) in [6, 6.07) is 2.23. The number of rotatable bonds is 2. The van der Waals surface area contributed by atoms with Gasteiger partial charge in [-0.1, -0.05) is 0 Å². The SMILES string of the molecule is N#CCC1CCCc2c1cnn2C1CCS(=O)(=O)C1. The monoisotopic (exact) mass is 279 g/mol. The van der Waals surface area contributed by atoms with E-state index in [1.165, 1.54) is 0 Å². The summed E-state index contributed by atoms with van der Waals surface area (Å²) in [7, 11) is -2.88. The number of nitrogens with zero attached hydrogens (tertiary/aromatic N) is 3. The fourth-order valence-electron chi connectivity index (χ4n) is 3.28. The van der Waals surface area contributed by atoms with Gasteiger partial charge in [-0.05, 0) is 31.2 Å². The summed E-state index contributed by atoms with van der Waals surface area (Å²) in [5, 5.41) is 13.3. The van der Waals surface area contributed by atoms with Gasteiger partial charge in [-0.3, -0.25) is 4.68 Å². The molecular weight excluding hydrogens is 262 g/mol. The Labute approximate surface area is 113 Å². The highest BCUT2D eigenvalue weighted by atomic mass is 32.2. The lowest BCUT2D eigenvalue weighted by atomic mass is 9.85. The molecule has 0 N–H and O–H groups in total. The van der Waals surface area contributed by atoms with Gasteiger partial charge in [0.15, 0.2) is 9.84 Å². The molecule has 1 aliphatic carbocycles. The van der Waals surface area contributed by atoms with Crippen LogP contribution in [-0.2, 0) is 16.3 Å². The van der Waals surface area contributed by atoms with Crippen molar-refractivity contribution in [2.45, 2.75) is 44.1 Å². The minimum Gasteiger partial charge on any atom is -0.265 e. The molecule has 19 heavy (non-hydrogen) atoms. The van der Waals surface area contributed by atoms with Gasteiger partial charge in [0.25, 0.3) is 0 Å². The molecule has 0 saturated carbocycles. The average molecular weight is 279 g/mol. The molecule has 0 bridgehead atoms.